The van der Waals surface area contributed by atoms with Gasteiger partial charge in [0.05, 0.1) is 5.60 Å². The molecule has 0 aromatic heterocycles. The predicted octanol–water partition coefficient (Wildman–Crippen LogP) is 2.54. The Morgan fingerprint density at radius 2 is 1.44 bits per heavy atom. The van der Waals surface area contributed by atoms with E-state index >= 15 is 0 Å². The highest BCUT2D eigenvalue weighted by molar-refractivity contribution is 7.99. The van der Waals surface area contributed by atoms with Crippen molar-refractivity contribution in [3.05, 3.63) is 0 Å². The Balaban J connectivity index is 2.07. The third-order valence-electron chi connectivity index (χ3n) is 4.74. The molecule has 0 aromatic rings. The summed E-state index contributed by atoms with van der Waals surface area (Å²) < 4.78 is 0. The molecule has 16 heavy (non-hydrogen) atoms. The molecule has 1 heterocycles. The lowest BCUT2D eigenvalue weighted by atomic mass is 9.62. The Bertz CT molecular complexity index is 249. The first-order valence-corrected chi connectivity index (χ1v) is 7.62. The number of thioether (sulfide) groups is 1. The Kier molecular flexibility index (Phi) is 3.32. The van der Waals surface area contributed by atoms with E-state index in [1.54, 1.807) is 0 Å². The summed E-state index contributed by atoms with van der Waals surface area (Å²) in [4.78, 5) is 0. The van der Waals surface area contributed by atoms with Crippen molar-refractivity contribution < 1.29 is 5.11 Å². The summed E-state index contributed by atoms with van der Waals surface area (Å²) in [7, 11) is 0. The Hall–Kier alpha value is 0.270. The quantitative estimate of drug-likeness (QED) is 0.744. The molecule has 2 fully saturated rings. The second kappa shape index (κ2) is 4.18. The zero-order valence-electron chi connectivity index (χ0n) is 10.6. The molecule has 3 N–H and O–H groups in total. The van der Waals surface area contributed by atoms with Gasteiger partial charge in [0.1, 0.15) is 0 Å². The average molecular weight is 243 g/mol. The molecule has 2 aliphatic rings. The van der Waals surface area contributed by atoms with Crippen LogP contribution in [0.3, 0.4) is 0 Å². The third kappa shape index (κ3) is 2.27. The zero-order chi connectivity index (χ0) is 11.9. The summed E-state index contributed by atoms with van der Waals surface area (Å²) >= 11 is 1.97. The highest BCUT2D eigenvalue weighted by atomic mass is 32.2. The minimum atomic E-state index is -0.594. The number of hydrogen-bond donors (Lipinski definition) is 2. The molecule has 1 aliphatic carbocycles. The van der Waals surface area contributed by atoms with Gasteiger partial charge in [0.25, 0.3) is 0 Å². The van der Waals surface area contributed by atoms with Gasteiger partial charge in [-0.1, -0.05) is 13.8 Å². The molecule has 2 nitrogen and oxygen atoms in total. The fourth-order valence-corrected chi connectivity index (χ4v) is 4.26. The van der Waals surface area contributed by atoms with Crippen LogP contribution in [0.25, 0.3) is 0 Å². The van der Waals surface area contributed by atoms with Gasteiger partial charge in [-0.25, -0.2) is 0 Å². The van der Waals surface area contributed by atoms with E-state index in [0.717, 1.165) is 50.0 Å². The lowest BCUT2D eigenvalue weighted by molar-refractivity contribution is -0.0876. The molecular weight excluding hydrogens is 218 g/mol. The van der Waals surface area contributed by atoms with Crippen LogP contribution in [0.5, 0.6) is 0 Å². The normalized spacial score (nSPS) is 32.2. The fraction of sp³-hybridized carbons (Fsp3) is 1.00. The van der Waals surface area contributed by atoms with Crippen molar-refractivity contribution >= 4 is 11.8 Å². The van der Waals surface area contributed by atoms with Gasteiger partial charge in [0, 0.05) is 5.54 Å². The van der Waals surface area contributed by atoms with Gasteiger partial charge in [0.15, 0.2) is 0 Å². The predicted molar refractivity (Wildman–Crippen MR) is 70.7 cm³/mol. The molecule has 1 saturated carbocycles. The van der Waals surface area contributed by atoms with Crippen molar-refractivity contribution in [3.63, 3.8) is 0 Å². The number of hydrogen-bond acceptors (Lipinski definition) is 3. The van der Waals surface area contributed by atoms with Crippen molar-refractivity contribution in [2.24, 2.45) is 11.1 Å². The summed E-state index contributed by atoms with van der Waals surface area (Å²) in [5.41, 5.74) is 5.98. The number of nitrogens with two attached hydrogens (primary N) is 1. The van der Waals surface area contributed by atoms with Gasteiger partial charge < -0.3 is 10.8 Å². The molecule has 1 saturated heterocycles. The van der Waals surface area contributed by atoms with Crippen molar-refractivity contribution in [2.45, 2.75) is 63.5 Å². The maximum absolute atomic E-state index is 10.9. The standard InChI is InChI=1S/C13H25NOS/c1-11(2)3-5-13(15,6-4-11)12(14)7-9-16-10-8-12/h15H,3-10,14H2,1-2H3. The average Bonchev–Trinajstić information content (AvgIpc) is 2.24. The molecular formula is C13H25NOS. The second-order valence-electron chi connectivity index (χ2n) is 6.46. The first-order chi connectivity index (χ1) is 7.37. The van der Waals surface area contributed by atoms with Crippen molar-refractivity contribution in [1.29, 1.82) is 0 Å². The van der Waals surface area contributed by atoms with E-state index in [-0.39, 0.29) is 5.54 Å². The molecule has 0 unspecified atom stereocenters. The Morgan fingerprint density at radius 3 is 1.94 bits per heavy atom. The van der Waals surface area contributed by atoms with E-state index in [4.69, 9.17) is 5.73 Å². The topological polar surface area (TPSA) is 46.2 Å². The van der Waals surface area contributed by atoms with Crippen LogP contribution >= 0.6 is 11.8 Å². The maximum atomic E-state index is 10.9. The lowest BCUT2D eigenvalue weighted by Gasteiger charge is -2.51. The van der Waals surface area contributed by atoms with Crippen molar-refractivity contribution in [3.8, 4) is 0 Å². The van der Waals surface area contributed by atoms with E-state index in [9.17, 15) is 5.11 Å². The van der Waals surface area contributed by atoms with Gasteiger partial charge >= 0.3 is 0 Å². The van der Waals surface area contributed by atoms with E-state index < -0.39 is 5.60 Å². The largest absolute Gasteiger partial charge is 0.388 e. The van der Waals surface area contributed by atoms with E-state index in [1.807, 2.05) is 11.8 Å². The van der Waals surface area contributed by atoms with Gasteiger partial charge in [-0.05, 0) is 55.4 Å². The highest BCUT2D eigenvalue weighted by Crippen LogP contribution is 2.47. The summed E-state index contributed by atoms with van der Waals surface area (Å²) in [5.74, 6) is 2.23. The van der Waals surface area contributed by atoms with Crippen LogP contribution in [0.4, 0.5) is 0 Å². The first-order valence-electron chi connectivity index (χ1n) is 6.46. The Labute approximate surface area is 103 Å². The van der Waals surface area contributed by atoms with Crippen LogP contribution < -0.4 is 5.73 Å². The minimum Gasteiger partial charge on any atom is -0.388 e. The maximum Gasteiger partial charge on any atom is 0.0827 e. The van der Waals surface area contributed by atoms with Crippen LogP contribution in [0.1, 0.15) is 52.4 Å². The molecule has 0 aromatic carbocycles. The molecule has 0 bridgehead atoms. The molecule has 0 amide bonds. The van der Waals surface area contributed by atoms with Gasteiger partial charge in [-0.2, -0.15) is 11.8 Å². The SMILES string of the molecule is CC1(C)CCC(O)(C2(N)CCSCC2)CC1. The Morgan fingerprint density at radius 1 is 0.938 bits per heavy atom. The van der Waals surface area contributed by atoms with Gasteiger partial charge in [-0.15, -0.1) is 0 Å². The van der Waals surface area contributed by atoms with Gasteiger partial charge in [0.2, 0.25) is 0 Å². The highest BCUT2D eigenvalue weighted by Gasteiger charge is 2.50. The monoisotopic (exact) mass is 243 g/mol. The summed E-state index contributed by atoms with van der Waals surface area (Å²) in [6.45, 7) is 4.60. The molecule has 2 rings (SSSR count). The van der Waals surface area contributed by atoms with Crippen LogP contribution in [-0.4, -0.2) is 27.8 Å². The molecule has 0 spiro atoms. The van der Waals surface area contributed by atoms with Crippen LogP contribution in [-0.2, 0) is 0 Å². The number of rotatable bonds is 1. The van der Waals surface area contributed by atoms with Crippen LogP contribution in [0.15, 0.2) is 0 Å². The molecule has 0 atom stereocenters. The molecule has 0 radical (unpaired) electrons. The smallest absolute Gasteiger partial charge is 0.0827 e. The zero-order valence-corrected chi connectivity index (χ0v) is 11.4. The van der Waals surface area contributed by atoms with Gasteiger partial charge in [-0.3, -0.25) is 0 Å². The lowest BCUT2D eigenvalue weighted by Crippen LogP contribution is -2.63. The van der Waals surface area contributed by atoms with E-state index in [1.165, 1.54) is 0 Å². The van der Waals surface area contributed by atoms with Crippen LogP contribution in [0, 0.1) is 5.41 Å². The van der Waals surface area contributed by atoms with Crippen molar-refractivity contribution in [2.75, 3.05) is 11.5 Å². The van der Waals surface area contributed by atoms with E-state index in [0.29, 0.717) is 5.41 Å². The molecule has 3 heteroatoms. The molecule has 1 aliphatic heterocycles. The summed E-state index contributed by atoms with van der Waals surface area (Å²) in [6.07, 6.45) is 5.96. The van der Waals surface area contributed by atoms with E-state index in [2.05, 4.69) is 13.8 Å². The van der Waals surface area contributed by atoms with Crippen molar-refractivity contribution in [1.82, 2.24) is 0 Å². The minimum absolute atomic E-state index is 0.311. The second-order valence-corrected chi connectivity index (χ2v) is 7.69. The van der Waals surface area contributed by atoms with Crippen LogP contribution in [0.2, 0.25) is 0 Å². The summed E-state index contributed by atoms with van der Waals surface area (Å²) in [5, 5.41) is 10.9. The molecule has 94 valence electrons. The number of aliphatic hydroxyl groups is 1. The third-order valence-corrected chi connectivity index (χ3v) is 5.73. The fourth-order valence-electron chi connectivity index (χ4n) is 3.04. The summed E-state index contributed by atoms with van der Waals surface area (Å²) in [6, 6.07) is 0. The first kappa shape index (κ1) is 12.7.